The summed E-state index contributed by atoms with van der Waals surface area (Å²) in [4.78, 5) is 16.6. The zero-order valence-electron chi connectivity index (χ0n) is 14.7. The largest absolute Gasteiger partial charge is 0.459 e. The average Bonchev–Trinajstić information content (AvgIpc) is 3.15. The van der Waals surface area contributed by atoms with Crippen molar-refractivity contribution >= 4 is 17.5 Å². The quantitative estimate of drug-likeness (QED) is 0.782. The number of amides is 1. The molecule has 1 saturated heterocycles. The minimum absolute atomic E-state index is 0.0386. The Balaban J connectivity index is 1.47. The van der Waals surface area contributed by atoms with Gasteiger partial charge >= 0.3 is 0 Å². The Morgan fingerprint density at radius 2 is 2.12 bits per heavy atom. The highest BCUT2D eigenvalue weighted by Crippen LogP contribution is 2.19. The number of likely N-dealkylation sites (tertiary alicyclic amines) is 1. The van der Waals surface area contributed by atoms with E-state index in [1.807, 2.05) is 19.2 Å². The van der Waals surface area contributed by atoms with E-state index in [1.54, 1.807) is 23.3 Å². The highest BCUT2D eigenvalue weighted by Gasteiger charge is 2.23. The van der Waals surface area contributed by atoms with Gasteiger partial charge in [-0.05, 0) is 61.6 Å². The lowest BCUT2D eigenvalue weighted by molar-refractivity contribution is 0.0700. The van der Waals surface area contributed by atoms with Crippen molar-refractivity contribution in [3.8, 4) is 0 Å². The van der Waals surface area contributed by atoms with Gasteiger partial charge in [0, 0.05) is 31.7 Å². The third kappa shape index (κ3) is 5.10. The number of piperidine rings is 1. The molecule has 2 aromatic rings. The second-order valence-electron chi connectivity index (χ2n) is 6.85. The van der Waals surface area contributed by atoms with Crippen LogP contribution in [0.4, 0.5) is 0 Å². The molecule has 1 aromatic heterocycles. The van der Waals surface area contributed by atoms with Gasteiger partial charge in [0.15, 0.2) is 5.76 Å². The van der Waals surface area contributed by atoms with Crippen LogP contribution >= 0.6 is 11.6 Å². The summed E-state index contributed by atoms with van der Waals surface area (Å²) in [7, 11) is 1.86. The van der Waals surface area contributed by atoms with Gasteiger partial charge in [-0.2, -0.15) is 0 Å². The molecule has 1 aromatic carbocycles. The lowest BCUT2D eigenvalue weighted by Crippen LogP contribution is -2.42. The number of furan rings is 1. The van der Waals surface area contributed by atoms with Gasteiger partial charge in [-0.3, -0.25) is 4.79 Å². The Morgan fingerprint density at radius 3 is 2.84 bits per heavy atom. The molecule has 0 saturated carbocycles. The first-order valence-corrected chi connectivity index (χ1v) is 9.25. The molecular formula is C20H25ClN2O2. The lowest BCUT2D eigenvalue weighted by Gasteiger charge is -2.34. The number of carbonyl (C=O) groups excluding carboxylic acids is 1. The molecule has 0 N–H and O–H groups in total. The molecule has 5 heteroatoms. The fourth-order valence-corrected chi connectivity index (χ4v) is 3.63. The van der Waals surface area contributed by atoms with Crippen molar-refractivity contribution in [2.24, 2.45) is 5.92 Å². The van der Waals surface area contributed by atoms with Crippen molar-refractivity contribution in [1.82, 2.24) is 9.80 Å². The van der Waals surface area contributed by atoms with E-state index < -0.39 is 0 Å². The van der Waals surface area contributed by atoms with Gasteiger partial charge in [-0.25, -0.2) is 0 Å². The van der Waals surface area contributed by atoms with E-state index in [4.69, 9.17) is 16.0 Å². The predicted molar refractivity (Wildman–Crippen MR) is 100.0 cm³/mol. The number of benzene rings is 1. The number of carbonyl (C=O) groups is 1. The smallest absolute Gasteiger partial charge is 0.289 e. The number of halogens is 1. The van der Waals surface area contributed by atoms with Crippen molar-refractivity contribution < 1.29 is 9.21 Å². The number of rotatable bonds is 6. The van der Waals surface area contributed by atoms with Gasteiger partial charge in [0.05, 0.1) is 6.26 Å². The van der Waals surface area contributed by atoms with E-state index in [-0.39, 0.29) is 5.91 Å². The molecule has 0 radical (unpaired) electrons. The Bertz CT molecular complexity index is 670. The predicted octanol–water partition coefficient (Wildman–Crippen LogP) is 3.96. The summed E-state index contributed by atoms with van der Waals surface area (Å²) in [5, 5.41) is 0.783. The zero-order chi connectivity index (χ0) is 17.6. The third-order valence-corrected chi connectivity index (χ3v) is 5.10. The van der Waals surface area contributed by atoms with Crippen LogP contribution in [0.1, 0.15) is 29.0 Å². The molecule has 0 spiro atoms. The van der Waals surface area contributed by atoms with Gasteiger partial charge in [0.2, 0.25) is 0 Å². The average molecular weight is 361 g/mol. The fourth-order valence-electron chi connectivity index (χ4n) is 3.50. The highest BCUT2D eigenvalue weighted by atomic mass is 35.5. The number of hydrogen-bond acceptors (Lipinski definition) is 3. The van der Waals surface area contributed by atoms with E-state index in [1.165, 1.54) is 18.4 Å². The topological polar surface area (TPSA) is 36.7 Å². The summed E-state index contributed by atoms with van der Waals surface area (Å²) in [6.45, 7) is 4.01. The summed E-state index contributed by atoms with van der Waals surface area (Å²) in [5.74, 6) is 0.893. The number of hydrogen-bond donors (Lipinski definition) is 0. The molecule has 0 aliphatic carbocycles. The van der Waals surface area contributed by atoms with Crippen molar-refractivity contribution in [1.29, 1.82) is 0 Å². The summed E-state index contributed by atoms with van der Waals surface area (Å²) in [6.07, 6.45) is 4.94. The minimum atomic E-state index is -0.0386. The maximum atomic E-state index is 12.3. The molecule has 25 heavy (non-hydrogen) atoms. The molecule has 1 amide bonds. The monoisotopic (exact) mass is 360 g/mol. The van der Waals surface area contributed by atoms with Crippen LogP contribution in [0.3, 0.4) is 0 Å². The lowest BCUT2D eigenvalue weighted by atomic mass is 9.97. The van der Waals surface area contributed by atoms with Crippen molar-refractivity contribution in [2.45, 2.75) is 19.3 Å². The molecule has 4 nitrogen and oxygen atoms in total. The molecule has 1 aliphatic heterocycles. The molecule has 134 valence electrons. The molecule has 3 rings (SSSR count). The van der Waals surface area contributed by atoms with Crippen molar-refractivity contribution in [3.05, 3.63) is 59.0 Å². The van der Waals surface area contributed by atoms with Crippen LogP contribution in [0.15, 0.2) is 47.1 Å². The van der Waals surface area contributed by atoms with Gasteiger partial charge in [0.25, 0.3) is 5.91 Å². The Morgan fingerprint density at radius 1 is 1.32 bits per heavy atom. The third-order valence-electron chi connectivity index (χ3n) is 4.84. The van der Waals surface area contributed by atoms with Crippen LogP contribution in [0.25, 0.3) is 0 Å². The van der Waals surface area contributed by atoms with E-state index in [2.05, 4.69) is 17.0 Å². The molecular weight excluding hydrogens is 336 g/mol. The molecule has 1 atom stereocenters. The highest BCUT2D eigenvalue weighted by molar-refractivity contribution is 6.30. The first kappa shape index (κ1) is 18.0. The molecule has 2 heterocycles. The van der Waals surface area contributed by atoms with E-state index in [9.17, 15) is 4.79 Å². The van der Waals surface area contributed by atoms with Crippen LogP contribution < -0.4 is 0 Å². The number of nitrogens with zero attached hydrogens (tertiary/aromatic N) is 2. The van der Waals surface area contributed by atoms with Crippen LogP contribution in [0, 0.1) is 5.92 Å². The Hall–Kier alpha value is -1.78. The first-order valence-electron chi connectivity index (χ1n) is 8.87. The van der Waals surface area contributed by atoms with Gasteiger partial charge in [-0.15, -0.1) is 0 Å². The molecule has 1 fully saturated rings. The van der Waals surface area contributed by atoms with Crippen LogP contribution in [0.2, 0.25) is 5.02 Å². The first-order chi connectivity index (χ1) is 12.1. The second-order valence-corrected chi connectivity index (χ2v) is 7.28. The van der Waals surface area contributed by atoms with Crippen LogP contribution in [0.5, 0.6) is 0 Å². The summed E-state index contributed by atoms with van der Waals surface area (Å²) >= 11 is 5.94. The Labute approximate surface area is 154 Å². The summed E-state index contributed by atoms with van der Waals surface area (Å²) in [5.41, 5.74) is 1.32. The molecule has 0 unspecified atom stereocenters. The summed E-state index contributed by atoms with van der Waals surface area (Å²) in [6, 6.07) is 11.6. The van der Waals surface area contributed by atoms with E-state index in [0.717, 1.165) is 37.6 Å². The molecule has 0 bridgehead atoms. The molecule has 1 aliphatic rings. The maximum absolute atomic E-state index is 12.3. The SMILES string of the molecule is CN(C[C@H]1CCCN(CCc2ccc(Cl)cc2)C1)C(=O)c1ccco1. The fraction of sp³-hybridized carbons (Fsp3) is 0.450. The van der Waals surface area contributed by atoms with E-state index >= 15 is 0 Å². The zero-order valence-corrected chi connectivity index (χ0v) is 15.4. The van der Waals surface area contributed by atoms with Crippen molar-refractivity contribution in [3.63, 3.8) is 0 Å². The van der Waals surface area contributed by atoms with Crippen LogP contribution in [-0.2, 0) is 6.42 Å². The second kappa shape index (κ2) is 8.54. The van der Waals surface area contributed by atoms with Gasteiger partial charge in [-0.1, -0.05) is 23.7 Å². The standard InChI is InChI=1S/C20H25ClN2O2/c1-22(20(24)19-5-3-13-25-19)14-17-4-2-11-23(15-17)12-10-16-6-8-18(21)9-7-16/h3,5-9,13,17H,2,4,10-12,14-15H2,1H3/t17-/m1/s1. The summed E-state index contributed by atoms with van der Waals surface area (Å²) < 4.78 is 5.21. The minimum Gasteiger partial charge on any atom is -0.459 e. The normalized spacial score (nSPS) is 18.2. The van der Waals surface area contributed by atoms with Crippen LogP contribution in [-0.4, -0.2) is 48.9 Å². The maximum Gasteiger partial charge on any atom is 0.289 e. The Kier molecular flexibility index (Phi) is 6.16. The van der Waals surface area contributed by atoms with Crippen molar-refractivity contribution in [2.75, 3.05) is 33.2 Å². The van der Waals surface area contributed by atoms with Gasteiger partial charge in [0.1, 0.15) is 0 Å². The van der Waals surface area contributed by atoms with Gasteiger partial charge < -0.3 is 14.2 Å². The van der Waals surface area contributed by atoms with E-state index in [0.29, 0.717) is 11.7 Å².